The van der Waals surface area contributed by atoms with Gasteiger partial charge in [0.2, 0.25) is 0 Å². The van der Waals surface area contributed by atoms with Crippen molar-refractivity contribution < 1.29 is 0 Å². The minimum Gasteiger partial charge on any atom is -0.302 e. The Kier molecular flexibility index (Phi) is 5.88. The van der Waals surface area contributed by atoms with Gasteiger partial charge in [0, 0.05) is 18.7 Å². The van der Waals surface area contributed by atoms with Crippen molar-refractivity contribution in [2.24, 2.45) is 0 Å². The Hall–Kier alpha value is -2.85. The van der Waals surface area contributed by atoms with Gasteiger partial charge < -0.3 is 4.57 Å². The summed E-state index contributed by atoms with van der Waals surface area (Å²) in [6.07, 6.45) is 3.75. The van der Waals surface area contributed by atoms with Gasteiger partial charge in [-0.05, 0) is 28.3 Å². The fraction of sp³-hybridized carbons (Fsp3) is 0.167. The van der Waals surface area contributed by atoms with Crippen LogP contribution in [-0.2, 0) is 25.1 Å². The number of allylic oxidation sites excluding steroid dienone is 1. The molecule has 0 aliphatic carbocycles. The lowest BCUT2D eigenvalue weighted by atomic mass is 10.1. The topological polar surface area (TPSA) is 30.7 Å². The van der Waals surface area contributed by atoms with E-state index in [0.717, 1.165) is 36.1 Å². The van der Waals surface area contributed by atoms with Gasteiger partial charge in [0.25, 0.3) is 0 Å². The van der Waals surface area contributed by atoms with Crippen molar-refractivity contribution in [3.05, 3.63) is 102 Å². The third-order valence-electron chi connectivity index (χ3n) is 4.82. The van der Waals surface area contributed by atoms with Gasteiger partial charge in [0.05, 0.1) is 0 Å². The molecule has 0 radical (unpaired) electrons. The number of aromatic nitrogens is 3. The van der Waals surface area contributed by atoms with Gasteiger partial charge in [-0.1, -0.05) is 90.6 Å². The molecule has 3 nitrogen and oxygen atoms in total. The van der Waals surface area contributed by atoms with Crippen LogP contribution in [0.4, 0.5) is 0 Å². The molecule has 0 fully saturated rings. The average molecular weight is 386 g/mol. The van der Waals surface area contributed by atoms with Crippen molar-refractivity contribution >= 4 is 22.5 Å². The van der Waals surface area contributed by atoms with E-state index in [2.05, 4.69) is 88.1 Å². The van der Waals surface area contributed by atoms with Crippen LogP contribution < -0.4 is 0 Å². The molecule has 0 N–H and O–H groups in total. The zero-order chi connectivity index (χ0) is 19.2. The number of hydrogen-bond acceptors (Lipinski definition) is 3. The summed E-state index contributed by atoms with van der Waals surface area (Å²) in [6.45, 7) is 4.64. The number of hydrogen-bond donors (Lipinski definition) is 0. The predicted octanol–water partition coefficient (Wildman–Crippen LogP) is 5.69. The standard InChI is InChI=1S/C24H23N3S/c1-2-17-27-23(16-15-19-9-4-3-5-10-19)25-26-24(27)28-18-21-13-8-12-20-11-6-7-14-22(20)21/h2-14H,1,15-18H2. The molecule has 140 valence electrons. The number of aryl methyl sites for hydroxylation is 2. The number of fused-ring (bicyclic) bond motifs is 1. The molecule has 0 aliphatic rings. The van der Waals surface area contributed by atoms with Crippen LogP contribution in [0, 0.1) is 0 Å². The van der Waals surface area contributed by atoms with Crippen molar-refractivity contribution in [2.75, 3.05) is 0 Å². The lowest BCUT2D eigenvalue weighted by molar-refractivity contribution is 0.673. The van der Waals surface area contributed by atoms with E-state index in [-0.39, 0.29) is 0 Å². The first-order chi connectivity index (χ1) is 13.8. The summed E-state index contributed by atoms with van der Waals surface area (Å²) in [7, 11) is 0. The molecule has 4 rings (SSSR count). The molecule has 4 aromatic rings. The van der Waals surface area contributed by atoms with Crippen molar-refractivity contribution in [1.29, 1.82) is 0 Å². The molecule has 0 amide bonds. The van der Waals surface area contributed by atoms with E-state index in [1.54, 1.807) is 11.8 Å². The van der Waals surface area contributed by atoms with Crippen LogP contribution in [0.2, 0.25) is 0 Å². The fourth-order valence-corrected chi connectivity index (χ4v) is 4.36. The predicted molar refractivity (Wildman–Crippen MR) is 118 cm³/mol. The Labute approximate surface area is 170 Å². The highest BCUT2D eigenvalue weighted by Gasteiger charge is 2.12. The van der Waals surface area contributed by atoms with E-state index in [0.29, 0.717) is 0 Å². The Morgan fingerprint density at radius 2 is 1.64 bits per heavy atom. The molecule has 0 aliphatic heterocycles. The number of nitrogens with zero attached hydrogens (tertiary/aromatic N) is 3. The molecule has 1 aromatic heterocycles. The minimum atomic E-state index is 0.731. The molecule has 3 aromatic carbocycles. The van der Waals surface area contributed by atoms with Crippen LogP contribution in [0.1, 0.15) is 17.0 Å². The van der Waals surface area contributed by atoms with E-state index in [9.17, 15) is 0 Å². The van der Waals surface area contributed by atoms with Crippen LogP contribution in [-0.4, -0.2) is 14.8 Å². The zero-order valence-electron chi connectivity index (χ0n) is 15.8. The molecular weight excluding hydrogens is 362 g/mol. The van der Waals surface area contributed by atoms with Gasteiger partial charge in [0.1, 0.15) is 5.82 Å². The Morgan fingerprint density at radius 3 is 2.50 bits per heavy atom. The minimum absolute atomic E-state index is 0.731. The molecule has 0 unspecified atom stereocenters. The first-order valence-corrected chi connectivity index (χ1v) is 10.5. The lowest BCUT2D eigenvalue weighted by Gasteiger charge is -2.09. The number of thioether (sulfide) groups is 1. The van der Waals surface area contributed by atoms with Gasteiger partial charge in [-0.3, -0.25) is 0 Å². The monoisotopic (exact) mass is 385 g/mol. The highest BCUT2D eigenvalue weighted by atomic mass is 32.2. The maximum absolute atomic E-state index is 4.47. The summed E-state index contributed by atoms with van der Waals surface area (Å²) < 4.78 is 2.19. The second-order valence-corrected chi connectivity index (χ2v) is 7.65. The first-order valence-electron chi connectivity index (χ1n) is 9.51. The highest BCUT2D eigenvalue weighted by Crippen LogP contribution is 2.27. The molecule has 0 atom stereocenters. The van der Waals surface area contributed by atoms with Gasteiger partial charge >= 0.3 is 0 Å². The highest BCUT2D eigenvalue weighted by molar-refractivity contribution is 7.98. The largest absolute Gasteiger partial charge is 0.302 e. The SMILES string of the molecule is C=CCn1c(CCc2ccccc2)nnc1SCc1cccc2ccccc12. The molecule has 28 heavy (non-hydrogen) atoms. The Bertz CT molecular complexity index is 1060. The molecule has 4 heteroatoms. The first kappa shape index (κ1) is 18.5. The fourth-order valence-electron chi connectivity index (χ4n) is 3.38. The van der Waals surface area contributed by atoms with Crippen LogP contribution >= 0.6 is 11.8 Å². The van der Waals surface area contributed by atoms with Crippen molar-refractivity contribution in [1.82, 2.24) is 14.8 Å². The molecule has 1 heterocycles. The zero-order valence-corrected chi connectivity index (χ0v) is 16.6. The van der Waals surface area contributed by atoms with Crippen LogP contribution in [0.25, 0.3) is 10.8 Å². The quantitative estimate of drug-likeness (QED) is 0.288. The normalized spacial score (nSPS) is 11.0. The van der Waals surface area contributed by atoms with Gasteiger partial charge in [-0.2, -0.15) is 0 Å². The number of rotatable bonds is 8. The summed E-state index contributed by atoms with van der Waals surface area (Å²) in [6, 6.07) is 25.5. The lowest BCUT2D eigenvalue weighted by Crippen LogP contribution is -2.05. The van der Waals surface area contributed by atoms with E-state index in [4.69, 9.17) is 0 Å². The van der Waals surface area contributed by atoms with Gasteiger partial charge in [0.15, 0.2) is 5.16 Å². The summed E-state index contributed by atoms with van der Waals surface area (Å²) in [5, 5.41) is 12.5. The summed E-state index contributed by atoms with van der Waals surface area (Å²) in [4.78, 5) is 0. The van der Waals surface area contributed by atoms with E-state index >= 15 is 0 Å². The Balaban J connectivity index is 1.51. The number of benzene rings is 3. The second-order valence-electron chi connectivity index (χ2n) is 6.71. The third-order valence-corrected chi connectivity index (χ3v) is 5.84. The maximum atomic E-state index is 4.47. The summed E-state index contributed by atoms with van der Waals surface area (Å²) >= 11 is 1.74. The maximum Gasteiger partial charge on any atom is 0.191 e. The van der Waals surface area contributed by atoms with Crippen molar-refractivity contribution in [3.8, 4) is 0 Å². The van der Waals surface area contributed by atoms with E-state index in [1.807, 2.05) is 12.1 Å². The second kappa shape index (κ2) is 8.89. The van der Waals surface area contributed by atoms with Gasteiger partial charge in [-0.15, -0.1) is 16.8 Å². The van der Waals surface area contributed by atoms with E-state index in [1.165, 1.54) is 21.9 Å². The van der Waals surface area contributed by atoms with Crippen LogP contribution in [0.15, 0.2) is 90.6 Å². The van der Waals surface area contributed by atoms with Crippen molar-refractivity contribution in [2.45, 2.75) is 30.3 Å². The average Bonchev–Trinajstić information content (AvgIpc) is 3.13. The molecule has 0 saturated heterocycles. The summed E-state index contributed by atoms with van der Waals surface area (Å²) in [5.41, 5.74) is 2.64. The third kappa shape index (κ3) is 4.18. The smallest absolute Gasteiger partial charge is 0.191 e. The molecule has 0 saturated carbocycles. The molecular formula is C24H23N3S. The van der Waals surface area contributed by atoms with E-state index < -0.39 is 0 Å². The van der Waals surface area contributed by atoms with Crippen LogP contribution in [0.3, 0.4) is 0 Å². The van der Waals surface area contributed by atoms with Crippen LogP contribution in [0.5, 0.6) is 0 Å². The Morgan fingerprint density at radius 1 is 0.857 bits per heavy atom. The summed E-state index contributed by atoms with van der Waals surface area (Å²) in [5.74, 6) is 1.89. The molecule has 0 spiro atoms. The van der Waals surface area contributed by atoms with Gasteiger partial charge in [-0.25, -0.2) is 0 Å². The van der Waals surface area contributed by atoms with Crippen molar-refractivity contribution in [3.63, 3.8) is 0 Å². The molecule has 0 bridgehead atoms.